The van der Waals surface area contributed by atoms with Gasteiger partial charge in [0.15, 0.2) is 0 Å². The molecule has 1 heterocycles. The first-order chi connectivity index (χ1) is 11.1. The predicted molar refractivity (Wildman–Crippen MR) is 86.0 cm³/mol. The second kappa shape index (κ2) is 8.64. The fourth-order valence-electron chi connectivity index (χ4n) is 2.59. The minimum absolute atomic E-state index is 0.0119. The standard InChI is InChI=1S/C17H24N2O4/c1-3-23-17(21)16(20)18-12-15(19-8-10-22-11-9-19)14-6-4-13(2)5-7-14/h4-7,15H,3,8-12H2,1-2H3,(H,18,20). The first-order valence-corrected chi connectivity index (χ1v) is 7.95. The van der Waals surface area contributed by atoms with Crippen LogP contribution in [0.4, 0.5) is 0 Å². The van der Waals surface area contributed by atoms with Gasteiger partial charge < -0.3 is 14.8 Å². The van der Waals surface area contributed by atoms with Gasteiger partial charge in [0.25, 0.3) is 0 Å². The highest BCUT2D eigenvalue weighted by Gasteiger charge is 2.24. The van der Waals surface area contributed by atoms with Gasteiger partial charge in [0, 0.05) is 19.6 Å². The average molecular weight is 320 g/mol. The Kier molecular flexibility index (Phi) is 6.55. The molecule has 0 radical (unpaired) electrons. The van der Waals surface area contributed by atoms with Crippen molar-refractivity contribution in [3.63, 3.8) is 0 Å². The second-order valence-corrected chi connectivity index (χ2v) is 5.51. The molecule has 0 bridgehead atoms. The Labute approximate surface area is 136 Å². The van der Waals surface area contributed by atoms with Crippen molar-refractivity contribution < 1.29 is 19.1 Å². The third kappa shape index (κ3) is 5.04. The number of morpholine rings is 1. The summed E-state index contributed by atoms with van der Waals surface area (Å²) in [6.07, 6.45) is 0. The molecule has 1 aromatic carbocycles. The third-order valence-corrected chi connectivity index (χ3v) is 3.87. The maximum absolute atomic E-state index is 11.8. The molecule has 0 spiro atoms. The predicted octanol–water partition coefficient (Wildman–Crippen LogP) is 1.05. The Morgan fingerprint density at radius 1 is 1.26 bits per heavy atom. The van der Waals surface area contributed by atoms with E-state index >= 15 is 0 Å². The number of ether oxygens (including phenoxy) is 2. The van der Waals surface area contributed by atoms with Crippen LogP contribution in [0.2, 0.25) is 0 Å². The summed E-state index contributed by atoms with van der Waals surface area (Å²) in [6, 6.07) is 8.24. The number of benzene rings is 1. The third-order valence-electron chi connectivity index (χ3n) is 3.87. The highest BCUT2D eigenvalue weighted by molar-refractivity contribution is 6.32. The van der Waals surface area contributed by atoms with Crippen molar-refractivity contribution >= 4 is 11.9 Å². The van der Waals surface area contributed by atoms with Crippen LogP contribution in [-0.2, 0) is 19.1 Å². The van der Waals surface area contributed by atoms with Crippen LogP contribution in [0, 0.1) is 6.92 Å². The van der Waals surface area contributed by atoms with Crippen molar-refractivity contribution in [3.05, 3.63) is 35.4 Å². The molecule has 0 aromatic heterocycles. The largest absolute Gasteiger partial charge is 0.459 e. The van der Waals surface area contributed by atoms with Gasteiger partial charge in [-0.05, 0) is 19.4 Å². The van der Waals surface area contributed by atoms with E-state index in [1.54, 1.807) is 6.92 Å². The van der Waals surface area contributed by atoms with Gasteiger partial charge >= 0.3 is 11.9 Å². The van der Waals surface area contributed by atoms with E-state index in [2.05, 4.69) is 34.5 Å². The van der Waals surface area contributed by atoms with Gasteiger partial charge in [-0.25, -0.2) is 4.79 Å². The topological polar surface area (TPSA) is 67.9 Å². The molecule has 1 atom stereocenters. The van der Waals surface area contributed by atoms with Crippen LogP contribution in [-0.4, -0.2) is 56.2 Å². The van der Waals surface area contributed by atoms with Gasteiger partial charge in [0.05, 0.1) is 25.9 Å². The van der Waals surface area contributed by atoms with E-state index in [1.807, 2.05) is 6.92 Å². The molecule has 0 saturated carbocycles. The Balaban J connectivity index is 2.05. The number of nitrogens with one attached hydrogen (secondary N) is 1. The van der Waals surface area contributed by atoms with Gasteiger partial charge in [0.2, 0.25) is 0 Å². The quantitative estimate of drug-likeness (QED) is 0.649. The van der Waals surface area contributed by atoms with E-state index in [0.717, 1.165) is 18.7 Å². The van der Waals surface area contributed by atoms with Crippen molar-refractivity contribution in [1.82, 2.24) is 10.2 Å². The zero-order chi connectivity index (χ0) is 16.7. The van der Waals surface area contributed by atoms with E-state index in [9.17, 15) is 9.59 Å². The second-order valence-electron chi connectivity index (χ2n) is 5.51. The monoisotopic (exact) mass is 320 g/mol. The maximum Gasteiger partial charge on any atom is 0.396 e. The van der Waals surface area contributed by atoms with Crippen LogP contribution >= 0.6 is 0 Å². The van der Waals surface area contributed by atoms with Gasteiger partial charge in [0.1, 0.15) is 0 Å². The molecule has 1 aliphatic heterocycles. The lowest BCUT2D eigenvalue weighted by Crippen LogP contribution is -2.45. The Bertz CT molecular complexity index is 524. The maximum atomic E-state index is 11.8. The summed E-state index contributed by atoms with van der Waals surface area (Å²) in [5.74, 6) is -1.53. The zero-order valence-corrected chi connectivity index (χ0v) is 13.7. The molecule has 2 rings (SSSR count). The smallest absolute Gasteiger partial charge is 0.396 e. The van der Waals surface area contributed by atoms with E-state index in [0.29, 0.717) is 19.8 Å². The normalized spacial score (nSPS) is 16.6. The van der Waals surface area contributed by atoms with E-state index < -0.39 is 11.9 Å². The molecule has 1 aliphatic rings. The van der Waals surface area contributed by atoms with Crippen LogP contribution in [0.3, 0.4) is 0 Å². The highest BCUT2D eigenvalue weighted by atomic mass is 16.5. The molecule has 1 fully saturated rings. The summed E-state index contributed by atoms with van der Waals surface area (Å²) in [4.78, 5) is 25.5. The van der Waals surface area contributed by atoms with Gasteiger partial charge in [-0.1, -0.05) is 29.8 Å². The van der Waals surface area contributed by atoms with Gasteiger partial charge in [-0.15, -0.1) is 0 Å². The highest BCUT2D eigenvalue weighted by Crippen LogP contribution is 2.21. The van der Waals surface area contributed by atoms with E-state index in [-0.39, 0.29) is 12.6 Å². The summed E-state index contributed by atoms with van der Waals surface area (Å²) in [5.41, 5.74) is 2.30. The fraction of sp³-hybridized carbons (Fsp3) is 0.529. The fourth-order valence-corrected chi connectivity index (χ4v) is 2.59. The van der Waals surface area contributed by atoms with Crippen molar-refractivity contribution in [2.75, 3.05) is 39.5 Å². The van der Waals surface area contributed by atoms with Gasteiger partial charge in [-0.3, -0.25) is 9.69 Å². The molecule has 1 amide bonds. The number of hydrogen-bond acceptors (Lipinski definition) is 5. The summed E-state index contributed by atoms with van der Waals surface area (Å²) in [6.45, 7) is 7.21. The summed E-state index contributed by atoms with van der Waals surface area (Å²) in [5, 5.41) is 2.68. The van der Waals surface area contributed by atoms with Gasteiger partial charge in [-0.2, -0.15) is 0 Å². The SMILES string of the molecule is CCOC(=O)C(=O)NCC(c1ccc(C)cc1)N1CCOCC1. The molecule has 6 heteroatoms. The Hall–Kier alpha value is -1.92. The lowest BCUT2D eigenvalue weighted by molar-refractivity contribution is -0.154. The summed E-state index contributed by atoms with van der Waals surface area (Å²) >= 11 is 0. The number of aryl methyl sites for hydroxylation is 1. The minimum Gasteiger partial charge on any atom is -0.459 e. The molecular weight excluding hydrogens is 296 g/mol. The molecule has 126 valence electrons. The number of amides is 1. The Morgan fingerprint density at radius 3 is 2.52 bits per heavy atom. The minimum atomic E-state index is -0.836. The number of rotatable bonds is 5. The summed E-state index contributed by atoms with van der Waals surface area (Å²) in [7, 11) is 0. The van der Waals surface area contributed by atoms with Crippen molar-refractivity contribution in [2.45, 2.75) is 19.9 Å². The number of hydrogen-bond donors (Lipinski definition) is 1. The average Bonchev–Trinajstić information content (AvgIpc) is 2.57. The Morgan fingerprint density at radius 2 is 1.91 bits per heavy atom. The molecule has 1 N–H and O–H groups in total. The van der Waals surface area contributed by atoms with Crippen LogP contribution in [0.5, 0.6) is 0 Å². The number of carbonyl (C=O) groups excluding carboxylic acids is 2. The lowest BCUT2D eigenvalue weighted by atomic mass is 10.0. The molecule has 23 heavy (non-hydrogen) atoms. The molecule has 1 aromatic rings. The number of esters is 1. The van der Waals surface area contributed by atoms with E-state index in [1.165, 1.54) is 5.56 Å². The molecule has 6 nitrogen and oxygen atoms in total. The van der Waals surface area contributed by atoms with Crippen LogP contribution in [0.15, 0.2) is 24.3 Å². The van der Waals surface area contributed by atoms with Crippen LogP contribution in [0.1, 0.15) is 24.1 Å². The van der Waals surface area contributed by atoms with Crippen molar-refractivity contribution in [3.8, 4) is 0 Å². The first kappa shape index (κ1) is 17.4. The zero-order valence-electron chi connectivity index (χ0n) is 13.7. The number of carbonyl (C=O) groups is 2. The van der Waals surface area contributed by atoms with Crippen LogP contribution < -0.4 is 5.32 Å². The van der Waals surface area contributed by atoms with E-state index in [4.69, 9.17) is 9.47 Å². The van der Waals surface area contributed by atoms with Crippen LogP contribution in [0.25, 0.3) is 0 Å². The molecule has 1 saturated heterocycles. The first-order valence-electron chi connectivity index (χ1n) is 7.95. The molecular formula is C17H24N2O4. The lowest BCUT2D eigenvalue weighted by Gasteiger charge is -2.34. The van der Waals surface area contributed by atoms with Crippen molar-refractivity contribution in [2.24, 2.45) is 0 Å². The molecule has 1 unspecified atom stereocenters. The summed E-state index contributed by atoms with van der Waals surface area (Å²) < 4.78 is 10.1. The number of nitrogens with zero attached hydrogens (tertiary/aromatic N) is 1. The van der Waals surface area contributed by atoms with Crippen molar-refractivity contribution in [1.29, 1.82) is 0 Å². The molecule has 0 aliphatic carbocycles.